The lowest BCUT2D eigenvalue weighted by Gasteiger charge is -2.35. The number of nitrogens with one attached hydrogen (secondary N) is 1. The van der Waals surface area contributed by atoms with E-state index in [2.05, 4.69) is 17.1 Å². The van der Waals surface area contributed by atoms with Crippen molar-refractivity contribution < 1.29 is 14.3 Å². The highest BCUT2D eigenvalue weighted by Crippen LogP contribution is 2.18. The highest BCUT2D eigenvalue weighted by molar-refractivity contribution is 5.76. The van der Waals surface area contributed by atoms with Gasteiger partial charge >= 0.3 is 6.03 Å². The van der Waals surface area contributed by atoms with Crippen LogP contribution in [0.3, 0.4) is 0 Å². The number of piperazine rings is 1. The Kier molecular flexibility index (Phi) is 12.0. The summed E-state index contributed by atoms with van der Waals surface area (Å²) in [5.41, 5.74) is 2.10. The summed E-state index contributed by atoms with van der Waals surface area (Å²) < 4.78 is 5.43. The molecule has 7 heteroatoms. The number of unbranched alkanes of at least 4 members (excludes halogenated alkanes) is 2. The predicted molar refractivity (Wildman–Crippen MR) is 149 cm³/mol. The van der Waals surface area contributed by atoms with Crippen LogP contribution in [0, 0.1) is 0 Å². The molecule has 1 aliphatic heterocycles. The Morgan fingerprint density at radius 2 is 1.73 bits per heavy atom. The molecular formula is C30H42N4O3. The van der Waals surface area contributed by atoms with Crippen LogP contribution < -0.4 is 10.1 Å². The van der Waals surface area contributed by atoms with Gasteiger partial charge in [0, 0.05) is 64.3 Å². The zero-order valence-corrected chi connectivity index (χ0v) is 22.4. The van der Waals surface area contributed by atoms with Gasteiger partial charge in [0.1, 0.15) is 5.75 Å². The zero-order valence-electron chi connectivity index (χ0n) is 22.4. The molecule has 1 heterocycles. The van der Waals surface area contributed by atoms with E-state index in [4.69, 9.17) is 4.74 Å². The molecule has 1 fully saturated rings. The van der Waals surface area contributed by atoms with E-state index < -0.39 is 0 Å². The van der Waals surface area contributed by atoms with E-state index in [1.54, 1.807) is 7.11 Å². The Morgan fingerprint density at radius 1 is 1.00 bits per heavy atom. The lowest BCUT2D eigenvalue weighted by atomic mass is 10.1. The van der Waals surface area contributed by atoms with E-state index in [-0.39, 0.29) is 11.9 Å². The third kappa shape index (κ3) is 9.57. The van der Waals surface area contributed by atoms with E-state index in [9.17, 15) is 9.59 Å². The Bertz CT molecular complexity index is 987. The first-order valence-corrected chi connectivity index (χ1v) is 13.5. The van der Waals surface area contributed by atoms with Gasteiger partial charge in [-0.15, -0.1) is 0 Å². The van der Waals surface area contributed by atoms with Crippen LogP contribution in [0.1, 0.15) is 43.7 Å². The third-order valence-corrected chi connectivity index (χ3v) is 6.74. The molecule has 1 N–H and O–H groups in total. The number of hydrogen-bond acceptors (Lipinski definition) is 4. The van der Waals surface area contributed by atoms with Crippen molar-refractivity contribution in [2.45, 2.75) is 39.2 Å². The van der Waals surface area contributed by atoms with Gasteiger partial charge in [-0.2, -0.15) is 0 Å². The summed E-state index contributed by atoms with van der Waals surface area (Å²) in [5, 5.41) is 3.02. The number of para-hydroxylation sites is 1. The van der Waals surface area contributed by atoms with E-state index in [1.165, 1.54) is 0 Å². The third-order valence-electron chi connectivity index (χ3n) is 6.74. The molecule has 0 unspecified atom stereocenters. The maximum atomic E-state index is 13.0. The van der Waals surface area contributed by atoms with Gasteiger partial charge in [0.25, 0.3) is 0 Å². The molecule has 1 aliphatic rings. The first-order chi connectivity index (χ1) is 18.1. The highest BCUT2D eigenvalue weighted by Gasteiger charge is 2.22. The molecule has 37 heavy (non-hydrogen) atoms. The number of rotatable bonds is 13. The van der Waals surface area contributed by atoms with Gasteiger partial charge in [-0.05, 0) is 18.1 Å². The average molecular weight is 507 g/mol. The Morgan fingerprint density at radius 3 is 2.46 bits per heavy atom. The van der Waals surface area contributed by atoms with Crippen molar-refractivity contribution in [3.63, 3.8) is 0 Å². The van der Waals surface area contributed by atoms with Gasteiger partial charge in [-0.25, -0.2) is 4.79 Å². The van der Waals surface area contributed by atoms with Crippen LogP contribution in [0.2, 0.25) is 0 Å². The first kappa shape index (κ1) is 28.3. The molecule has 2 aromatic carbocycles. The largest absolute Gasteiger partial charge is 0.496 e. The van der Waals surface area contributed by atoms with Crippen LogP contribution in [-0.2, 0) is 11.3 Å². The number of carbonyl (C=O) groups excluding carboxylic acids is 2. The lowest BCUT2D eigenvalue weighted by Crippen LogP contribution is -2.53. The number of urea groups is 1. The van der Waals surface area contributed by atoms with Crippen LogP contribution in [0.25, 0.3) is 6.08 Å². The van der Waals surface area contributed by atoms with Crippen molar-refractivity contribution in [2.24, 2.45) is 0 Å². The minimum absolute atomic E-state index is 0.0160. The second kappa shape index (κ2) is 15.7. The number of benzene rings is 2. The smallest absolute Gasteiger partial charge is 0.317 e. The summed E-state index contributed by atoms with van der Waals surface area (Å²) >= 11 is 0. The SMILES string of the molecule is CCCCCC(=O)N(CC=Cc1ccccc1OC)CCN1CCN(C(=O)NCc2ccccc2)CC1. The fourth-order valence-corrected chi connectivity index (χ4v) is 4.44. The normalized spacial score (nSPS) is 14.1. The van der Waals surface area contributed by atoms with E-state index >= 15 is 0 Å². The van der Waals surface area contributed by atoms with Crippen LogP contribution >= 0.6 is 0 Å². The summed E-state index contributed by atoms with van der Waals surface area (Å²) in [5.74, 6) is 1.03. The first-order valence-electron chi connectivity index (χ1n) is 13.5. The molecule has 7 nitrogen and oxygen atoms in total. The van der Waals surface area contributed by atoms with Crippen LogP contribution in [0.5, 0.6) is 5.75 Å². The van der Waals surface area contributed by atoms with Gasteiger partial charge < -0.3 is 19.9 Å². The van der Waals surface area contributed by atoms with E-state index in [0.29, 0.717) is 39.1 Å². The molecule has 3 amide bonds. The predicted octanol–water partition coefficient (Wildman–Crippen LogP) is 4.64. The molecule has 0 aromatic heterocycles. The van der Waals surface area contributed by atoms with Crippen LogP contribution in [0.15, 0.2) is 60.7 Å². The quantitative estimate of drug-likeness (QED) is 0.402. The number of carbonyl (C=O) groups is 2. The molecule has 0 saturated carbocycles. The van der Waals surface area contributed by atoms with Gasteiger partial charge in [-0.3, -0.25) is 9.69 Å². The number of amides is 3. The van der Waals surface area contributed by atoms with Crippen molar-refractivity contribution >= 4 is 18.0 Å². The average Bonchev–Trinajstić information content (AvgIpc) is 2.94. The lowest BCUT2D eigenvalue weighted by molar-refractivity contribution is -0.131. The van der Waals surface area contributed by atoms with Crippen LogP contribution in [-0.4, -0.2) is 79.6 Å². The van der Waals surface area contributed by atoms with Gasteiger partial charge in [0.2, 0.25) is 5.91 Å². The topological polar surface area (TPSA) is 65.1 Å². The number of hydrogen-bond donors (Lipinski definition) is 1. The summed E-state index contributed by atoms with van der Waals surface area (Å²) in [4.78, 5) is 31.7. The van der Waals surface area contributed by atoms with Crippen molar-refractivity contribution in [3.8, 4) is 5.75 Å². The number of methoxy groups -OCH3 is 1. The summed E-state index contributed by atoms with van der Waals surface area (Å²) in [6, 6.07) is 17.8. The van der Waals surface area contributed by atoms with E-state index in [0.717, 1.165) is 55.8 Å². The van der Waals surface area contributed by atoms with Crippen molar-refractivity contribution in [2.75, 3.05) is 52.9 Å². The molecule has 1 saturated heterocycles. The highest BCUT2D eigenvalue weighted by atomic mass is 16.5. The zero-order chi connectivity index (χ0) is 26.3. The fourth-order valence-electron chi connectivity index (χ4n) is 4.44. The van der Waals surface area contributed by atoms with Crippen molar-refractivity contribution in [3.05, 3.63) is 71.8 Å². The minimum atomic E-state index is -0.0160. The summed E-state index contributed by atoms with van der Waals surface area (Å²) in [7, 11) is 1.67. The van der Waals surface area contributed by atoms with Crippen LogP contribution in [0.4, 0.5) is 4.79 Å². The summed E-state index contributed by atoms with van der Waals surface area (Å²) in [6.45, 7) is 7.77. The maximum absolute atomic E-state index is 13.0. The second-order valence-corrected chi connectivity index (χ2v) is 9.41. The number of nitrogens with zero attached hydrogens (tertiary/aromatic N) is 3. The molecule has 0 aliphatic carbocycles. The monoisotopic (exact) mass is 506 g/mol. The fraction of sp³-hybridized carbons (Fsp3) is 0.467. The molecule has 0 atom stereocenters. The maximum Gasteiger partial charge on any atom is 0.317 e. The molecule has 3 rings (SSSR count). The molecule has 2 aromatic rings. The van der Waals surface area contributed by atoms with Crippen molar-refractivity contribution in [1.29, 1.82) is 0 Å². The molecule has 0 radical (unpaired) electrons. The van der Waals surface area contributed by atoms with E-state index in [1.807, 2.05) is 76.5 Å². The Balaban J connectivity index is 1.47. The van der Waals surface area contributed by atoms with Crippen molar-refractivity contribution in [1.82, 2.24) is 20.0 Å². The number of ether oxygens (including phenoxy) is 1. The summed E-state index contributed by atoms with van der Waals surface area (Å²) in [6.07, 6.45) is 7.77. The van der Waals surface area contributed by atoms with Gasteiger partial charge in [0.05, 0.1) is 7.11 Å². The Hall–Kier alpha value is -3.32. The second-order valence-electron chi connectivity index (χ2n) is 9.41. The molecule has 0 spiro atoms. The standard InChI is InChI=1S/C30H42N4O3/c1-3-4-6-17-29(35)33(18-11-15-27-14-9-10-16-28(27)37-2)22-19-32-20-23-34(24-21-32)30(36)31-25-26-12-7-5-8-13-26/h5,7-16H,3-4,6,17-25H2,1-2H3,(H,31,36). The molecule has 200 valence electrons. The minimum Gasteiger partial charge on any atom is -0.496 e. The Labute approximate surface area is 222 Å². The van der Waals surface area contributed by atoms with Gasteiger partial charge in [0.15, 0.2) is 0 Å². The molecule has 0 bridgehead atoms. The molecular weight excluding hydrogens is 464 g/mol. The van der Waals surface area contributed by atoms with Gasteiger partial charge in [-0.1, -0.05) is 80.4 Å².